The van der Waals surface area contributed by atoms with Gasteiger partial charge in [0.05, 0.1) is 11.4 Å². The lowest BCUT2D eigenvalue weighted by Crippen LogP contribution is -2.61. The summed E-state index contributed by atoms with van der Waals surface area (Å²) in [6.45, 7) is 10.8. The Balaban J connectivity index is 2.32. The van der Waals surface area contributed by atoms with Crippen LogP contribution in [0.2, 0.25) is 0 Å². The molecule has 1 aromatic rings. The summed E-state index contributed by atoms with van der Waals surface area (Å²) in [7, 11) is 0. The Hall–Kier alpha value is -3.10. The first-order valence-corrected chi connectivity index (χ1v) is 11.0. The van der Waals surface area contributed by atoms with Crippen LogP contribution in [0.15, 0.2) is 24.3 Å². The van der Waals surface area contributed by atoms with E-state index in [4.69, 9.17) is 0 Å². The van der Waals surface area contributed by atoms with E-state index in [9.17, 15) is 24.3 Å². The second-order valence-corrected chi connectivity index (χ2v) is 8.95. The molecule has 1 aromatic carbocycles. The number of nitrogens with one attached hydrogen (secondary N) is 3. The Kier molecular flexibility index (Phi) is 8.24. The van der Waals surface area contributed by atoms with E-state index in [0.717, 1.165) is 0 Å². The fourth-order valence-electron chi connectivity index (χ4n) is 3.76. The molecule has 0 unspecified atom stereocenters. The molecule has 1 heterocycles. The molecule has 1 aliphatic heterocycles. The molecule has 0 saturated heterocycles. The molecule has 1 aliphatic rings. The summed E-state index contributed by atoms with van der Waals surface area (Å²) in [5.74, 6) is -2.76. The van der Waals surface area contributed by atoms with E-state index in [-0.39, 0.29) is 23.7 Å². The van der Waals surface area contributed by atoms with Crippen LogP contribution in [-0.4, -0.2) is 47.0 Å². The number of hydrogen-bond acceptors (Lipinski definition) is 4. The Bertz CT molecular complexity index is 870. The van der Waals surface area contributed by atoms with Crippen LogP contribution in [0.25, 0.3) is 0 Å². The molecule has 9 heteroatoms. The maximum absolute atomic E-state index is 13.4. The Morgan fingerprint density at radius 2 is 1.69 bits per heavy atom. The van der Waals surface area contributed by atoms with E-state index < -0.39 is 36.0 Å². The van der Waals surface area contributed by atoms with E-state index in [1.807, 2.05) is 20.8 Å². The summed E-state index contributed by atoms with van der Waals surface area (Å²) in [4.78, 5) is 52.1. The quantitative estimate of drug-likeness (QED) is 0.488. The van der Waals surface area contributed by atoms with Crippen LogP contribution in [0.5, 0.6) is 0 Å². The third-order valence-electron chi connectivity index (χ3n) is 5.82. The number of carboxylic acid groups (broad SMARTS) is 1. The number of anilines is 2. The van der Waals surface area contributed by atoms with Gasteiger partial charge >= 0.3 is 12.0 Å². The van der Waals surface area contributed by atoms with Crippen molar-refractivity contribution in [2.45, 2.75) is 66.1 Å². The Labute approximate surface area is 188 Å². The van der Waals surface area contributed by atoms with Crippen molar-refractivity contribution in [2.75, 3.05) is 10.2 Å². The molecular weight excluding hydrogens is 412 g/mol. The van der Waals surface area contributed by atoms with Crippen molar-refractivity contribution in [1.82, 2.24) is 10.6 Å². The molecular formula is C23H34N4O5. The van der Waals surface area contributed by atoms with E-state index in [2.05, 4.69) is 16.0 Å². The largest absolute Gasteiger partial charge is 0.480 e. The van der Waals surface area contributed by atoms with Crippen molar-refractivity contribution in [2.24, 2.45) is 17.8 Å². The van der Waals surface area contributed by atoms with Gasteiger partial charge in [0, 0.05) is 0 Å². The lowest BCUT2D eigenvalue weighted by atomic mass is 9.96. The van der Waals surface area contributed by atoms with Crippen molar-refractivity contribution in [3.8, 4) is 0 Å². The molecule has 32 heavy (non-hydrogen) atoms. The monoisotopic (exact) mass is 446 g/mol. The van der Waals surface area contributed by atoms with E-state index in [1.54, 1.807) is 45.0 Å². The van der Waals surface area contributed by atoms with Gasteiger partial charge in [-0.15, -0.1) is 0 Å². The average Bonchev–Trinajstić information content (AvgIpc) is 2.73. The number of rotatable bonds is 8. The second kappa shape index (κ2) is 10.5. The molecule has 176 valence electrons. The van der Waals surface area contributed by atoms with Crippen molar-refractivity contribution < 1.29 is 24.3 Å². The van der Waals surface area contributed by atoms with Gasteiger partial charge < -0.3 is 21.1 Å². The Morgan fingerprint density at radius 1 is 1.06 bits per heavy atom. The van der Waals surface area contributed by atoms with Crippen LogP contribution in [-0.2, 0) is 14.4 Å². The first-order chi connectivity index (χ1) is 15.0. The summed E-state index contributed by atoms with van der Waals surface area (Å²) in [5.41, 5.74) is 1.05. The third-order valence-corrected chi connectivity index (χ3v) is 5.82. The van der Waals surface area contributed by atoms with Crippen LogP contribution in [0.4, 0.5) is 16.2 Å². The molecule has 0 radical (unpaired) electrons. The summed E-state index contributed by atoms with van der Waals surface area (Å²) < 4.78 is 0. The number of carboxylic acids is 1. The first-order valence-electron chi connectivity index (χ1n) is 11.0. The number of nitrogens with zero attached hydrogens (tertiary/aromatic N) is 1. The maximum atomic E-state index is 13.4. The molecule has 0 bridgehead atoms. The summed E-state index contributed by atoms with van der Waals surface area (Å²) in [6, 6.07) is 3.59. The van der Waals surface area contributed by atoms with Gasteiger partial charge in [-0.2, -0.15) is 0 Å². The maximum Gasteiger partial charge on any atom is 0.326 e. The van der Waals surface area contributed by atoms with Gasteiger partial charge in [0.2, 0.25) is 11.8 Å². The topological polar surface area (TPSA) is 128 Å². The zero-order chi connectivity index (χ0) is 24.2. The highest BCUT2D eigenvalue weighted by Crippen LogP contribution is 2.34. The van der Waals surface area contributed by atoms with Gasteiger partial charge in [0.25, 0.3) is 0 Å². The van der Waals surface area contributed by atoms with Crippen LogP contribution in [0.1, 0.15) is 48.0 Å². The van der Waals surface area contributed by atoms with E-state index in [0.29, 0.717) is 17.8 Å². The van der Waals surface area contributed by atoms with Crippen LogP contribution < -0.4 is 20.9 Å². The van der Waals surface area contributed by atoms with Gasteiger partial charge in [-0.05, 0) is 29.9 Å². The number of hydrogen-bond donors (Lipinski definition) is 4. The zero-order valence-electron chi connectivity index (χ0n) is 19.5. The highest BCUT2D eigenvalue weighted by atomic mass is 16.4. The van der Waals surface area contributed by atoms with Gasteiger partial charge in [0.15, 0.2) is 0 Å². The lowest BCUT2D eigenvalue weighted by molar-refractivity contribution is -0.143. The SMILES string of the molecule is CC[C@@H](C)[C@H](NC(=O)[C@H](NC(=O)N1c2ccccc2NC(=O)[C@@H]1C(C)C)C(C)C)C(=O)O. The van der Waals surface area contributed by atoms with Crippen LogP contribution >= 0.6 is 0 Å². The second-order valence-electron chi connectivity index (χ2n) is 8.95. The lowest BCUT2D eigenvalue weighted by Gasteiger charge is -2.39. The minimum atomic E-state index is -1.12. The molecule has 0 aromatic heterocycles. The van der Waals surface area contributed by atoms with E-state index >= 15 is 0 Å². The number of urea groups is 1. The van der Waals surface area contributed by atoms with Crippen molar-refractivity contribution in [3.05, 3.63) is 24.3 Å². The molecule has 0 spiro atoms. The van der Waals surface area contributed by atoms with Crippen molar-refractivity contribution >= 4 is 35.2 Å². The van der Waals surface area contributed by atoms with Crippen LogP contribution in [0.3, 0.4) is 0 Å². The smallest absolute Gasteiger partial charge is 0.326 e. The minimum absolute atomic E-state index is 0.178. The van der Waals surface area contributed by atoms with Gasteiger partial charge in [0.1, 0.15) is 18.1 Å². The van der Waals surface area contributed by atoms with Gasteiger partial charge in [-0.1, -0.05) is 60.1 Å². The summed E-state index contributed by atoms with van der Waals surface area (Å²) in [6.07, 6.45) is 0.575. The van der Waals surface area contributed by atoms with Crippen LogP contribution in [0, 0.1) is 17.8 Å². The Morgan fingerprint density at radius 3 is 2.22 bits per heavy atom. The standard InChI is InChI=1S/C23H34N4O5/c1-7-14(6)18(22(30)31)25-20(28)17(12(2)3)26-23(32)27-16-11-9-8-10-15(16)24-21(29)19(27)13(4)5/h8-14,17-19H,7H2,1-6H3,(H,24,29)(H,25,28)(H,26,32)(H,30,31)/t14-,17-,18+,19+/m1/s1. The molecule has 9 nitrogen and oxygen atoms in total. The predicted octanol–water partition coefficient (Wildman–Crippen LogP) is 2.82. The van der Waals surface area contributed by atoms with Crippen molar-refractivity contribution in [1.29, 1.82) is 0 Å². The predicted molar refractivity (Wildman–Crippen MR) is 122 cm³/mol. The fourth-order valence-corrected chi connectivity index (χ4v) is 3.76. The third kappa shape index (κ3) is 5.38. The highest BCUT2D eigenvalue weighted by Gasteiger charge is 2.40. The molecule has 4 N–H and O–H groups in total. The number of benzene rings is 1. The fraction of sp³-hybridized carbons (Fsp3) is 0.565. The minimum Gasteiger partial charge on any atom is -0.480 e. The highest BCUT2D eigenvalue weighted by molar-refractivity contribution is 6.12. The molecule has 0 aliphatic carbocycles. The molecule has 0 saturated carbocycles. The summed E-state index contributed by atoms with van der Waals surface area (Å²) in [5, 5.41) is 17.6. The van der Waals surface area contributed by atoms with Crippen molar-refractivity contribution in [3.63, 3.8) is 0 Å². The average molecular weight is 447 g/mol. The molecule has 0 fully saturated rings. The first kappa shape index (κ1) is 25.2. The molecule has 4 atom stereocenters. The van der Waals surface area contributed by atoms with E-state index in [1.165, 1.54) is 4.90 Å². The number of carbonyl (C=O) groups is 4. The normalized spacial score (nSPS) is 18.4. The molecule has 2 rings (SSSR count). The number of aliphatic carboxylic acids is 1. The summed E-state index contributed by atoms with van der Waals surface area (Å²) >= 11 is 0. The number of fused-ring (bicyclic) bond motifs is 1. The number of para-hydroxylation sites is 2. The number of amides is 4. The number of carbonyl (C=O) groups excluding carboxylic acids is 3. The zero-order valence-corrected chi connectivity index (χ0v) is 19.5. The van der Waals surface area contributed by atoms with Gasteiger partial charge in [-0.25, -0.2) is 9.59 Å². The molecule has 4 amide bonds. The van der Waals surface area contributed by atoms with Gasteiger partial charge in [-0.3, -0.25) is 14.5 Å².